The molecule has 0 amide bonds. The minimum absolute atomic E-state index is 0.353. The normalized spacial score (nSPS) is 11.8. The summed E-state index contributed by atoms with van der Waals surface area (Å²) in [7, 11) is 0. The van der Waals surface area contributed by atoms with Gasteiger partial charge in [-0.1, -0.05) is 50.4 Å². The summed E-state index contributed by atoms with van der Waals surface area (Å²) < 4.78 is 0. The van der Waals surface area contributed by atoms with Gasteiger partial charge in [-0.05, 0) is 24.4 Å². The predicted molar refractivity (Wildman–Crippen MR) is 61.7 cm³/mol. The number of hydrogen-bond acceptors (Lipinski definition) is 1. The lowest BCUT2D eigenvalue weighted by molar-refractivity contribution is 0.366. The number of nitrogens with zero attached hydrogens (tertiary/aromatic N) is 1. The van der Waals surface area contributed by atoms with Gasteiger partial charge < -0.3 is 4.90 Å². The first kappa shape index (κ1) is 10.6. The van der Waals surface area contributed by atoms with Crippen LogP contribution in [0.15, 0.2) is 55.9 Å². The third-order valence-corrected chi connectivity index (χ3v) is 2.35. The second kappa shape index (κ2) is 5.28. The van der Waals surface area contributed by atoms with Crippen molar-refractivity contribution in [3.8, 4) is 0 Å². The van der Waals surface area contributed by atoms with E-state index in [0.29, 0.717) is 6.04 Å². The highest BCUT2D eigenvalue weighted by Gasteiger charge is 2.11. The lowest BCUT2D eigenvalue weighted by atomic mass is 10.0. The van der Waals surface area contributed by atoms with Crippen LogP contribution < -0.4 is 0 Å². The molecule has 1 aromatic carbocycles. The van der Waals surface area contributed by atoms with E-state index in [-0.39, 0.29) is 0 Å². The van der Waals surface area contributed by atoms with Crippen LogP contribution in [0.4, 0.5) is 0 Å². The van der Waals surface area contributed by atoms with Crippen molar-refractivity contribution in [1.29, 1.82) is 0 Å². The van der Waals surface area contributed by atoms with Gasteiger partial charge in [0.1, 0.15) is 0 Å². The first-order valence-electron chi connectivity index (χ1n) is 4.91. The minimum Gasteiger partial charge on any atom is -0.348 e. The molecule has 0 fully saturated rings. The van der Waals surface area contributed by atoms with Crippen molar-refractivity contribution < 1.29 is 0 Å². The number of benzene rings is 1. The van der Waals surface area contributed by atoms with E-state index in [1.165, 1.54) is 5.56 Å². The summed E-state index contributed by atoms with van der Waals surface area (Å²) in [5.41, 5.74) is 1.30. The molecule has 0 N–H and O–H groups in total. The molecule has 0 aliphatic heterocycles. The Hall–Kier alpha value is -1.50. The van der Waals surface area contributed by atoms with E-state index >= 15 is 0 Å². The van der Waals surface area contributed by atoms with E-state index in [9.17, 15) is 0 Å². The Morgan fingerprint density at radius 2 is 1.79 bits per heavy atom. The van der Waals surface area contributed by atoms with Gasteiger partial charge in [-0.15, -0.1) is 0 Å². The van der Waals surface area contributed by atoms with Crippen LogP contribution in [0.1, 0.15) is 24.9 Å². The molecule has 0 aromatic heterocycles. The zero-order valence-electron chi connectivity index (χ0n) is 8.69. The Morgan fingerprint density at radius 3 is 2.21 bits per heavy atom. The lowest BCUT2D eigenvalue weighted by Gasteiger charge is -2.26. The molecule has 1 unspecified atom stereocenters. The van der Waals surface area contributed by atoms with Crippen LogP contribution in [-0.2, 0) is 0 Å². The Bertz CT molecular complexity index is 281. The monoisotopic (exact) mass is 187 g/mol. The van der Waals surface area contributed by atoms with Crippen molar-refractivity contribution in [2.24, 2.45) is 0 Å². The molecule has 0 bridgehead atoms. The third kappa shape index (κ3) is 2.25. The molecule has 0 aliphatic carbocycles. The fourth-order valence-corrected chi connectivity index (χ4v) is 1.62. The molecule has 0 saturated heterocycles. The van der Waals surface area contributed by atoms with Gasteiger partial charge in [-0.3, -0.25) is 0 Å². The van der Waals surface area contributed by atoms with Crippen molar-refractivity contribution >= 4 is 0 Å². The second-order valence-electron chi connectivity index (χ2n) is 3.15. The Labute approximate surface area is 86.4 Å². The average molecular weight is 187 g/mol. The van der Waals surface area contributed by atoms with E-state index in [1.807, 2.05) is 23.4 Å². The van der Waals surface area contributed by atoms with E-state index in [4.69, 9.17) is 0 Å². The third-order valence-electron chi connectivity index (χ3n) is 2.35. The maximum atomic E-state index is 3.78. The highest BCUT2D eigenvalue weighted by Crippen LogP contribution is 2.23. The van der Waals surface area contributed by atoms with Crippen LogP contribution >= 0.6 is 0 Å². The van der Waals surface area contributed by atoms with Crippen molar-refractivity contribution in [3.05, 3.63) is 61.5 Å². The summed E-state index contributed by atoms with van der Waals surface area (Å²) in [5, 5.41) is 0. The van der Waals surface area contributed by atoms with Gasteiger partial charge in [-0.25, -0.2) is 0 Å². The van der Waals surface area contributed by atoms with Gasteiger partial charge in [0, 0.05) is 0 Å². The second-order valence-corrected chi connectivity index (χ2v) is 3.15. The summed E-state index contributed by atoms with van der Waals surface area (Å²) >= 11 is 0. The average Bonchev–Trinajstić information content (AvgIpc) is 2.27. The van der Waals surface area contributed by atoms with Gasteiger partial charge in [0.05, 0.1) is 6.04 Å². The molecule has 1 nitrogen and oxygen atoms in total. The first-order valence-corrected chi connectivity index (χ1v) is 4.91. The Kier molecular flexibility index (Phi) is 3.99. The van der Waals surface area contributed by atoms with Crippen LogP contribution in [0, 0.1) is 0 Å². The molecule has 1 rings (SSSR count). The Balaban J connectivity index is 2.91. The maximum Gasteiger partial charge on any atom is 0.0576 e. The maximum absolute atomic E-state index is 3.78. The highest BCUT2D eigenvalue weighted by molar-refractivity contribution is 5.20. The molecule has 0 heterocycles. The fourth-order valence-electron chi connectivity index (χ4n) is 1.62. The van der Waals surface area contributed by atoms with Crippen molar-refractivity contribution in [1.82, 2.24) is 4.90 Å². The molecular formula is C13H17N. The summed E-state index contributed by atoms with van der Waals surface area (Å²) in [6.07, 6.45) is 4.67. The van der Waals surface area contributed by atoms with Crippen molar-refractivity contribution in [2.75, 3.05) is 0 Å². The summed E-state index contributed by atoms with van der Waals surface area (Å²) in [6.45, 7) is 9.73. The molecule has 14 heavy (non-hydrogen) atoms. The fraction of sp³-hybridized carbons (Fsp3) is 0.231. The molecule has 1 atom stereocenters. The van der Waals surface area contributed by atoms with Crippen molar-refractivity contribution in [2.45, 2.75) is 19.4 Å². The predicted octanol–water partition coefficient (Wildman–Crippen LogP) is 3.73. The van der Waals surface area contributed by atoms with Crippen LogP contribution in [-0.4, -0.2) is 4.90 Å². The smallest absolute Gasteiger partial charge is 0.0576 e. The van der Waals surface area contributed by atoms with E-state index in [0.717, 1.165) is 6.42 Å². The molecule has 0 spiro atoms. The lowest BCUT2D eigenvalue weighted by Crippen LogP contribution is -2.16. The number of hydrogen-bond donors (Lipinski definition) is 0. The number of rotatable bonds is 5. The topological polar surface area (TPSA) is 3.24 Å². The summed E-state index contributed by atoms with van der Waals surface area (Å²) in [4.78, 5) is 2.04. The van der Waals surface area contributed by atoms with E-state index < -0.39 is 0 Å². The van der Waals surface area contributed by atoms with Gasteiger partial charge in [0.2, 0.25) is 0 Å². The molecule has 0 radical (unpaired) electrons. The van der Waals surface area contributed by atoms with Gasteiger partial charge in [-0.2, -0.15) is 0 Å². The van der Waals surface area contributed by atoms with Crippen LogP contribution in [0.3, 0.4) is 0 Å². The largest absolute Gasteiger partial charge is 0.348 e. The molecule has 0 aliphatic rings. The SMILES string of the molecule is C=CN(C=C)C(CC)c1ccccc1. The zero-order chi connectivity index (χ0) is 10.4. The Morgan fingerprint density at radius 1 is 1.21 bits per heavy atom. The van der Waals surface area contributed by atoms with Crippen LogP contribution in [0.2, 0.25) is 0 Å². The first-order chi connectivity index (χ1) is 6.83. The summed E-state index contributed by atoms with van der Waals surface area (Å²) in [6, 6.07) is 10.8. The van der Waals surface area contributed by atoms with E-state index in [2.05, 4.69) is 44.3 Å². The molecule has 0 saturated carbocycles. The van der Waals surface area contributed by atoms with Crippen LogP contribution in [0.25, 0.3) is 0 Å². The molecular weight excluding hydrogens is 170 g/mol. The standard InChI is InChI=1S/C13H17N/c1-4-13(14(5-2)6-3)12-10-8-7-9-11-12/h5-11,13H,2-4H2,1H3. The quantitative estimate of drug-likeness (QED) is 0.679. The minimum atomic E-state index is 0.353. The highest BCUT2D eigenvalue weighted by atomic mass is 15.1. The summed E-state index contributed by atoms with van der Waals surface area (Å²) in [5.74, 6) is 0. The molecule has 1 heteroatoms. The van der Waals surface area contributed by atoms with Crippen LogP contribution in [0.5, 0.6) is 0 Å². The van der Waals surface area contributed by atoms with Gasteiger partial charge in [0.15, 0.2) is 0 Å². The van der Waals surface area contributed by atoms with E-state index in [1.54, 1.807) is 0 Å². The van der Waals surface area contributed by atoms with Crippen molar-refractivity contribution in [3.63, 3.8) is 0 Å². The molecule has 1 aromatic rings. The zero-order valence-corrected chi connectivity index (χ0v) is 8.69. The van der Waals surface area contributed by atoms with Gasteiger partial charge >= 0.3 is 0 Å². The van der Waals surface area contributed by atoms with Gasteiger partial charge in [0.25, 0.3) is 0 Å². The molecule has 74 valence electrons.